The van der Waals surface area contributed by atoms with Crippen molar-refractivity contribution in [3.8, 4) is 11.4 Å². The first-order valence-corrected chi connectivity index (χ1v) is 8.20. The number of carbonyl (C=O) groups excluding carboxylic acids is 1. The predicted molar refractivity (Wildman–Crippen MR) is 93.5 cm³/mol. The van der Waals surface area contributed by atoms with Crippen molar-refractivity contribution in [1.29, 1.82) is 0 Å². The number of carbonyl (C=O) groups is 1. The molecule has 1 heterocycles. The molecule has 0 radical (unpaired) electrons. The highest BCUT2D eigenvalue weighted by Crippen LogP contribution is 2.23. The third kappa shape index (κ3) is 4.34. The minimum absolute atomic E-state index is 0.0787. The van der Waals surface area contributed by atoms with Crippen LogP contribution in [0.5, 0.6) is 5.75 Å². The third-order valence-electron chi connectivity index (χ3n) is 3.68. The van der Waals surface area contributed by atoms with Crippen LogP contribution in [0.2, 0.25) is 0 Å². The molecule has 0 N–H and O–H groups in total. The number of benzene rings is 1. The van der Waals surface area contributed by atoms with Crippen LogP contribution >= 0.6 is 0 Å². The topological polar surface area (TPSA) is 60.2 Å². The average Bonchev–Trinajstić information content (AvgIpc) is 2.94. The Kier molecular flexibility index (Phi) is 5.95. The summed E-state index contributed by atoms with van der Waals surface area (Å²) in [6.07, 6.45) is 1.75. The lowest BCUT2D eigenvalue weighted by molar-refractivity contribution is -0.128. The second kappa shape index (κ2) is 7.95. The fourth-order valence-electron chi connectivity index (χ4n) is 2.45. The molecule has 6 heteroatoms. The molecule has 6 nitrogen and oxygen atoms in total. The van der Waals surface area contributed by atoms with Crippen molar-refractivity contribution < 1.29 is 9.53 Å². The summed E-state index contributed by atoms with van der Waals surface area (Å²) in [6, 6.07) is 7.71. The lowest BCUT2D eigenvalue weighted by Gasteiger charge is -2.12. The van der Waals surface area contributed by atoms with Gasteiger partial charge in [-0.3, -0.25) is 4.79 Å². The molecule has 1 amide bonds. The molecule has 1 aromatic carbocycles. The molecule has 0 spiro atoms. The van der Waals surface area contributed by atoms with Crippen molar-refractivity contribution in [1.82, 2.24) is 19.7 Å². The van der Waals surface area contributed by atoms with E-state index >= 15 is 0 Å². The summed E-state index contributed by atoms with van der Waals surface area (Å²) in [6.45, 7) is 4.28. The fourth-order valence-corrected chi connectivity index (χ4v) is 2.45. The molecule has 0 aliphatic rings. The van der Waals surface area contributed by atoms with E-state index in [1.54, 1.807) is 30.8 Å². The van der Waals surface area contributed by atoms with Gasteiger partial charge in [0, 0.05) is 33.4 Å². The van der Waals surface area contributed by atoms with Crippen molar-refractivity contribution in [2.24, 2.45) is 5.92 Å². The van der Waals surface area contributed by atoms with Crippen LogP contribution in [0.25, 0.3) is 5.69 Å². The zero-order valence-electron chi connectivity index (χ0n) is 15.1. The van der Waals surface area contributed by atoms with Crippen LogP contribution in [0.1, 0.15) is 31.9 Å². The van der Waals surface area contributed by atoms with E-state index in [2.05, 4.69) is 23.9 Å². The molecule has 0 bridgehead atoms. The second-order valence-electron chi connectivity index (χ2n) is 6.41. The zero-order chi connectivity index (χ0) is 17.7. The van der Waals surface area contributed by atoms with Gasteiger partial charge in [0.25, 0.3) is 0 Å². The quantitative estimate of drug-likeness (QED) is 0.782. The molecule has 0 aliphatic heterocycles. The number of aryl methyl sites for hydroxylation is 1. The van der Waals surface area contributed by atoms with Crippen LogP contribution in [0, 0.1) is 5.92 Å². The number of para-hydroxylation sites is 2. The maximum atomic E-state index is 11.9. The Morgan fingerprint density at radius 1 is 1.29 bits per heavy atom. The van der Waals surface area contributed by atoms with Crippen LogP contribution in [0.4, 0.5) is 0 Å². The number of nitrogens with zero attached hydrogens (tertiary/aromatic N) is 4. The van der Waals surface area contributed by atoms with Crippen molar-refractivity contribution >= 4 is 5.91 Å². The Hall–Kier alpha value is -2.37. The molecule has 0 unspecified atom stereocenters. The Morgan fingerprint density at radius 3 is 2.62 bits per heavy atom. The lowest BCUT2D eigenvalue weighted by Crippen LogP contribution is -2.22. The molecule has 2 rings (SSSR count). The molecule has 0 saturated heterocycles. The number of hydrogen-bond acceptors (Lipinski definition) is 4. The van der Waals surface area contributed by atoms with E-state index in [1.165, 1.54) is 0 Å². The van der Waals surface area contributed by atoms with E-state index in [-0.39, 0.29) is 5.91 Å². The zero-order valence-corrected chi connectivity index (χ0v) is 15.1. The number of amides is 1. The van der Waals surface area contributed by atoms with Crippen molar-refractivity contribution in [3.63, 3.8) is 0 Å². The Morgan fingerprint density at radius 2 is 2.00 bits per heavy atom. The van der Waals surface area contributed by atoms with E-state index < -0.39 is 0 Å². The molecular weight excluding hydrogens is 304 g/mol. The van der Waals surface area contributed by atoms with Crippen LogP contribution in [-0.2, 0) is 17.6 Å². The number of ether oxygens (including phenoxy) is 1. The van der Waals surface area contributed by atoms with Gasteiger partial charge in [-0.15, -0.1) is 0 Å². The molecule has 0 aliphatic carbocycles. The standard InChI is InChI=1S/C18H26N4O2/c1-13(2)12-16-19-17(10-11-18(23)21(3)4)22(20-16)14-8-6-7-9-15(14)24-5/h6-9,13H,10-12H2,1-5H3. The Bertz CT molecular complexity index is 692. The van der Waals surface area contributed by atoms with Gasteiger partial charge in [0.05, 0.1) is 7.11 Å². The maximum Gasteiger partial charge on any atom is 0.222 e. The molecule has 130 valence electrons. The molecule has 0 fully saturated rings. The van der Waals surface area contributed by atoms with Gasteiger partial charge in [0.1, 0.15) is 17.3 Å². The van der Waals surface area contributed by atoms with Gasteiger partial charge in [-0.05, 0) is 18.1 Å². The number of hydrogen-bond donors (Lipinski definition) is 0. The molecule has 0 atom stereocenters. The molecule has 24 heavy (non-hydrogen) atoms. The SMILES string of the molecule is COc1ccccc1-n1nc(CC(C)C)nc1CCC(=O)N(C)C. The highest BCUT2D eigenvalue weighted by atomic mass is 16.5. The summed E-state index contributed by atoms with van der Waals surface area (Å²) < 4.78 is 7.25. The van der Waals surface area contributed by atoms with E-state index in [9.17, 15) is 4.79 Å². The minimum Gasteiger partial charge on any atom is -0.494 e. The Balaban J connectivity index is 2.36. The summed E-state index contributed by atoms with van der Waals surface area (Å²) in [5.74, 6) is 2.86. The number of aromatic nitrogens is 3. The first-order chi connectivity index (χ1) is 11.4. The molecular formula is C18H26N4O2. The highest BCUT2D eigenvalue weighted by Gasteiger charge is 2.17. The summed E-state index contributed by atoms with van der Waals surface area (Å²) in [5, 5.41) is 4.65. The lowest BCUT2D eigenvalue weighted by atomic mass is 10.1. The third-order valence-corrected chi connectivity index (χ3v) is 3.68. The first kappa shape index (κ1) is 18.0. The number of rotatable bonds is 7. The summed E-state index contributed by atoms with van der Waals surface area (Å²) in [7, 11) is 5.16. The highest BCUT2D eigenvalue weighted by molar-refractivity contribution is 5.75. The van der Waals surface area contributed by atoms with Gasteiger partial charge in [-0.25, -0.2) is 9.67 Å². The van der Waals surface area contributed by atoms with E-state index in [1.807, 2.05) is 24.3 Å². The first-order valence-electron chi connectivity index (χ1n) is 8.20. The summed E-state index contributed by atoms with van der Waals surface area (Å²) >= 11 is 0. The van der Waals surface area contributed by atoms with Gasteiger partial charge in [0.15, 0.2) is 5.82 Å². The van der Waals surface area contributed by atoms with Crippen LogP contribution < -0.4 is 4.74 Å². The average molecular weight is 330 g/mol. The molecule has 1 aromatic heterocycles. The predicted octanol–water partition coefficient (Wildman–Crippen LogP) is 2.50. The monoisotopic (exact) mass is 330 g/mol. The minimum atomic E-state index is 0.0787. The van der Waals surface area contributed by atoms with Crippen molar-refractivity contribution in [2.75, 3.05) is 21.2 Å². The van der Waals surface area contributed by atoms with Gasteiger partial charge in [0.2, 0.25) is 5.91 Å². The molecule has 0 saturated carbocycles. The van der Waals surface area contributed by atoms with Gasteiger partial charge < -0.3 is 9.64 Å². The van der Waals surface area contributed by atoms with Crippen LogP contribution in [0.3, 0.4) is 0 Å². The van der Waals surface area contributed by atoms with Crippen molar-refractivity contribution in [2.45, 2.75) is 33.1 Å². The summed E-state index contributed by atoms with van der Waals surface area (Å²) in [4.78, 5) is 18.2. The van der Waals surface area contributed by atoms with Crippen molar-refractivity contribution in [3.05, 3.63) is 35.9 Å². The maximum absolute atomic E-state index is 11.9. The smallest absolute Gasteiger partial charge is 0.222 e. The Labute approximate surface area is 143 Å². The van der Waals surface area contributed by atoms with Crippen LogP contribution in [-0.4, -0.2) is 46.8 Å². The fraction of sp³-hybridized carbons (Fsp3) is 0.500. The summed E-state index contributed by atoms with van der Waals surface area (Å²) in [5.41, 5.74) is 0.842. The van der Waals surface area contributed by atoms with E-state index in [0.29, 0.717) is 18.8 Å². The molecule has 2 aromatic rings. The van der Waals surface area contributed by atoms with E-state index in [0.717, 1.165) is 29.5 Å². The van der Waals surface area contributed by atoms with Crippen LogP contribution in [0.15, 0.2) is 24.3 Å². The van der Waals surface area contributed by atoms with Gasteiger partial charge in [-0.2, -0.15) is 5.10 Å². The van der Waals surface area contributed by atoms with Gasteiger partial charge in [-0.1, -0.05) is 26.0 Å². The van der Waals surface area contributed by atoms with E-state index in [4.69, 9.17) is 4.74 Å². The normalized spacial score (nSPS) is 10.9. The van der Waals surface area contributed by atoms with Gasteiger partial charge >= 0.3 is 0 Å². The number of methoxy groups -OCH3 is 1. The second-order valence-corrected chi connectivity index (χ2v) is 6.41. The largest absolute Gasteiger partial charge is 0.494 e.